The molecule has 0 aromatic heterocycles. The molecule has 102 valence electrons. The van der Waals surface area contributed by atoms with Crippen molar-refractivity contribution in [1.82, 2.24) is 4.90 Å². The number of nitriles is 1. The summed E-state index contributed by atoms with van der Waals surface area (Å²) in [6, 6.07) is 6.14. The van der Waals surface area contributed by atoms with Crippen molar-refractivity contribution in [3.8, 4) is 6.07 Å². The summed E-state index contributed by atoms with van der Waals surface area (Å²) in [6.45, 7) is 4.54. The van der Waals surface area contributed by atoms with Gasteiger partial charge in [0, 0.05) is 31.1 Å². The third kappa shape index (κ3) is 3.76. The minimum Gasteiger partial charge on any atom is -0.338 e. The van der Waals surface area contributed by atoms with Crippen LogP contribution in [0.15, 0.2) is 18.2 Å². The number of carbonyl (C=O) groups is 1. The molecule has 5 heteroatoms. The normalized spacial score (nSPS) is 11.7. The van der Waals surface area contributed by atoms with Crippen LogP contribution in [0.4, 0.5) is 4.39 Å². The monoisotopic (exact) mass is 263 g/mol. The van der Waals surface area contributed by atoms with E-state index in [1.165, 1.54) is 12.1 Å². The van der Waals surface area contributed by atoms with Crippen molar-refractivity contribution in [2.24, 2.45) is 11.7 Å². The molecule has 1 rings (SSSR count). The number of nitrogens with zero attached hydrogens (tertiary/aromatic N) is 2. The smallest absolute Gasteiger partial charge is 0.226 e. The highest BCUT2D eigenvalue weighted by atomic mass is 19.1. The Morgan fingerprint density at radius 3 is 2.74 bits per heavy atom. The SMILES string of the molecule is CCN(Cc1ccc(C#N)cc1F)C(=O)C(C)CN. The second kappa shape index (κ2) is 6.86. The fourth-order valence-electron chi connectivity index (χ4n) is 1.71. The van der Waals surface area contributed by atoms with Gasteiger partial charge in [0.15, 0.2) is 0 Å². The van der Waals surface area contributed by atoms with Crippen molar-refractivity contribution in [2.75, 3.05) is 13.1 Å². The van der Waals surface area contributed by atoms with Crippen LogP contribution in [0.2, 0.25) is 0 Å². The highest BCUT2D eigenvalue weighted by Crippen LogP contribution is 2.14. The summed E-state index contributed by atoms with van der Waals surface area (Å²) in [6.07, 6.45) is 0. The number of amides is 1. The lowest BCUT2D eigenvalue weighted by Crippen LogP contribution is -2.37. The zero-order chi connectivity index (χ0) is 14.4. The molecule has 4 nitrogen and oxygen atoms in total. The van der Waals surface area contributed by atoms with E-state index in [2.05, 4.69) is 0 Å². The number of hydrogen-bond donors (Lipinski definition) is 1. The first-order chi connectivity index (χ1) is 9.03. The number of rotatable bonds is 5. The first-order valence-electron chi connectivity index (χ1n) is 6.20. The van der Waals surface area contributed by atoms with E-state index in [0.717, 1.165) is 0 Å². The summed E-state index contributed by atoms with van der Waals surface area (Å²) in [7, 11) is 0. The lowest BCUT2D eigenvalue weighted by molar-refractivity contribution is -0.135. The molecule has 19 heavy (non-hydrogen) atoms. The molecule has 1 amide bonds. The van der Waals surface area contributed by atoms with Crippen molar-refractivity contribution in [3.05, 3.63) is 35.1 Å². The molecule has 1 aromatic carbocycles. The number of carbonyl (C=O) groups excluding carboxylic acids is 1. The molecule has 0 bridgehead atoms. The summed E-state index contributed by atoms with van der Waals surface area (Å²) in [5, 5.41) is 8.68. The van der Waals surface area contributed by atoms with Crippen LogP contribution in [0.5, 0.6) is 0 Å². The van der Waals surface area contributed by atoms with Gasteiger partial charge in [-0.05, 0) is 19.1 Å². The van der Waals surface area contributed by atoms with Gasteiger partial charge in [0.1, 0.15) is 5.82 Å². The summed E-state index contributed by atoms with van der Waals surface area (Å²) in [4.78, 5) is 13.6. The van der Waals surface area contributed by atoms with E-state index in [-0.39, 0.29) is 30.5 Å². The van der Waals surface area contributed by atoms with E-state index < -0.39 is 5.82 Å². The topological polar surface area (TPSA) is 70.1 Å². The van der Waals surface area contributed by atoms with E-state index in [4.69, 9.17) is 11.0 Å². The van der Waals surface area contributed by atoms with Gasteiger partial charge in [-0.25, -0.2) is 4.39 Å². The van der Waals surface area contributed by atoms with Crippen LogP contribution < -0.4 is 5.73 Å². The van der Waals surface area contributed by atoms with Crippen molar-refractivity contribution < 1.29 is 9.18 Å². The molecule has 0 fully saturated rings. The zero-order valence-electron chi connectivity index (χ0n) is 11.2. The van der Waals surface area contributed by atoms with Crippen LogP contribution in [-0.2, 0) is 11.3 Å². The lowest BCUT2D eigenvalue weighted by Gasteiger charge is -2.24. The lowest BCUT2D eigenvalue weighted by atomic mass is 10.1. The largest absolute Gasteiger partial charge is 0.338 e. The molecule has 0 radical (unpaired) electrons. The third-order valence-corrected chi connectivity index (χ3v) is 3.01. The first kappa shape index (κ1) is 15.1. The Kier molecular flexibility index (Phi) is 5.46. The summed E-state index contributed by atoms with van der Waals surface area (Å²) in [5.41, 5.74) is 6.14. The Hall–Kier alpha value is -1.93. The molecule has 0 heterocycles. The van der Waals surface area contributed by atoms with Crippen molar-refractivity contribution in [1.29, 1.82) is 5.26 Å². The third-order valence-electron chi connectivity index (χ3n) is 3.01. The molecule has 1 aromatic rings. The average Bonchev–Trinajstić information content (AvgIpc) is 2.44. The van der Waals surface area contributed by atoms with Gasteiger partial charge in [-0.1, -0.05) is 13.0 Å². The molecule has 0 aliphatic rings. The van der Waals surface area contributed by atoms with E-state index in [1.807, 2.05) is 13.0 Å². The van der Waals surface area contributed by atoms with Gasteiger partial charge < -0.3 is 10.6 Å². The molecular formula is C14H18FN3O. The van der Waals surface area contributed by atoms with Gasteiger partial charge in [0.25, 0.3) is 0 Å². The number of benzene rings is 1. The molecule has 2 N–H and O–H groups in total. The Morgan fingerprint density at radius 2 is 2.26 bits per heavy atom. The maximum absolute atomic E-state index is 13.8. The predicted octanol–water partition coefficient (Wildman–Crippen LogP) is 1.64. The number of halogens is 1. The highest BCUT2D eigenvalue weighted by molar-refractivity contribution is 5.78. The average molecular weight is 263 g/mol. The molecule has 0 spiro atoms. The molecule has 1 unspecified atom stereocenters. The highest BCUT2D eigenvalue weighted by Gasteiger charge is 2.19. The maximum atomic E-state index is 13.8. The van der Waals surface area contributed by atoms with Crippen molar-refractivity contribution >= 4 is 5.91 Å². The van der Waals surface area contributed by atoms with Crippen LogP contribution >= 0.6 is 0 Å². The number of hydrogen-bond acceptors (Lipinski definition) is 3. The zero-order valence-corrected chi connectivity index (χ0v) is 11.2. The quantitative estimate of drug-likeness (QED) is 0.878. The molecule has 0 saturated carbocycles. The van der Waals surface area contributed by atoms with Crippen LogP contribution in [-0.4, -0.2) is 23.9 Å². The second-order valence-corrected chi connectivity index (χ2v) is 4.41. The van der Waals surface area contributed by atoms with Crippen LogP contribution in [0.3, 0.4) is 0 Å². The molecule has 1 atom stereocenters. The van der Waals surface area contributed by atoms with Crippen LogP contribution in [0.25, 0.3) is 0 Å². The first-order valence-corrected chi connectivity index (χ1v) is 6.20. The van der Waals surface area contributed by atoms with Crippen molar-refractivity contribution in [2.45, 2.75) is 20.4 Å². The Morgan fingerprint density at radius 1 is 1.58 bits per heavy atom. The van der Waals surface area contributed by atoms with Gasteiger partial charge in [0.05, 0.1) is 11.6 Å². The van der Waals surface area contributed by atoms with Gasteiger partial charge in [-0.3, -0.25) is 4.79 Å². The van der Waals surface area contributed by atoms with Gasteiger partial charge in [-0.2, -0.15) is 5.26 Å². The minimum absolute atomic E-state index is 0.0891. The summed E-state index contributed by atoms with van der Waals surface area (Å²) < 4.78 is 13.8. The van der Waals surface area contributed by atoms with Gasteiger partial charge in [0.2, 0.25) is 5.91 Å². The summed E-state index contributed by atoms with van der Waals surface area (Å²) >= 11 is 0. The Bertz CT molecular complexity index is 496. The van der Waals surface area contributed by atoms with Gasteiger partial charge >= 0.3 is 0 Å². The van der Waals surface area contributed by atoms with Crippen LogP contribution in [0, 0.1) is 23.1 Å². The minimum atomic E-state index is -0.467. The fourth-order valence-corrected chi connectivity index (χ4v) is 1.71. The number of nitrogens with two attached hydrogens (primary N) is 1. The van der Waals surface area contributed by atoms with Crippen LogP contribution in [0.1, 0.15) is 25.0 Å². The van der Waals surface area contributed by atoms with Crippen molar-refractivity contribution in [3.63, 3.8) is 0 Å². The Balaban J connectivity index is 2.88. The van der Waals surface area contributed by atoms with E-state index in [0.29, 0.717) is 12.1 Å². The maximum Gasteiger partial charge on any atom is 0.226 e. The van der Waals surface area contributed by atoms with E-state index in [1.54, 1.807) is 17.9 Å². The standard InChI is InChI=1S/C14H18FN3O/c1-3-18(14(19)10(2)7-16)9-12-5-4-11(8-17)6-13(12)15/h4-6,10H,3,7,9,16H2,1-2H3. The predicted molar refractivity (Wildman–Crippen MR) is 70.4 cm³/mol. The summed E-state index contributed by atoms with van der Waals surface area (Å²) in [5.74, 6) is -0.833. The second-order valence-electron chi connectivity index (χ2n) is 4.41. The molecule has 0 aliphatic heterocycles. The fraction of sp³-hybridized carbons (Fsp3) is 0.429. The van der Waals surface area contributed by atoms with Gasteiger partial charge in [-0.15, -0.1) is 0 Å². The van der Waals surface area contributed by atoms with E-state index >= 15 is 0 Å². The molecule has 0 aliphatic carbocycles. The molecule has 0 saturated heterocycles. The Labute approximate surface area is 112 Å². The van der Waals surface area contributed by atoms with E-state index in [9.17, 15) is 9.18 Å². The molecular weight excluding hydrogens is 245 g/mol.